The third kappa shape index (κ3) is 20.3. The molecular weight excluding hydrogens is 963 g/mol. The Morgan fingerprint density at radius 2 is 0.925 bits per heavy atom. The SMILES string of the molecule is C=C.C=C/C(=C\C=C/C)c1ccc(C(C)=NC(=C)c2cccc(-c3cccc(-c4ccc(/C(C=C)=C/C)cc4)c3)c2)cc1.C=CC.CC.CC.CCc1ccccc1-c1ccc(-c2ccccc2C)c(C)c1C.Cc1ccccc1. The van der Waals surface area contributed by atoms with Crippen LogP contribution in [0.3, 0.4) is 0 Å². The summed E-state index contributed by atoms with van der Waals surface area (Å²) in [7, 11) is 0. The third-order valence-corrected chi connectivity index (χ3v) is 13.0. The van der Waals surface area contributed by atoms with Gasteiger partial charge in [0.1, 0.15) is 0 Å². The van der Waals surface area contributed by atoms with E-state index in [0.717, 1.165) is 56.8 Å². The Bertz CT molecular complexity index is 3280. The molecule has 1 nitrogen and oxygen atoms in total. The second kappa shape index (κ2) is 38.0. The monoisotopic (exact) mass is 1050 g/mol. The molecule has 0 N–H and O–H groups in total. The third-order valence-electron chi connectivity index (χ3n) is 13.0. The highest BCUT2D eigenvalue weighted by atomic mass is 14.7. The van der Waals surface area contributed by atoms with Gasteiger partial charge in [0.15, 0.2) is 0 Å². The molecule has 0 radical (unpaired) electrons. The highest BCUT2D eigenvalue weighted by Crippen LogP contribution is 2.36. The van der Waals surface area contributed by atoms with Gasteiger partial charge in [-0.25, -0.2) is 0 Å². The van der Waals surface area contributed by atoms with Gasteiger partial charge in [0.2, 0.25) is 0 Å². The average molecular weight is 1050 g/mol. The van der Waals surface area contributed by atoms with E-state index in [4.69, 9.17) is 4.99 Å². The first-order chi connectivity index (χ1) is 38.9. The van der Waals surface area contributed by atoms with Crippen molar-refractivity contribution < 1.29 is 0 Å². The van der Waals surface area contributed by atoms with Crippen molar-refractivity contribution in [3.05, 3.63) is 320 Å². The average Bonchev–Trinajstić information content (AvgIpc) is 3.51. The van der Waals surface area contributed by atoms with E-state index in [-0.39, 0.29) is 0 Å². The molecule has 0 atom stereocenters. The van der Waals surface area contributed by atoms with Crippen LogP contribution in [0.15, 0.2) is 275 Å². The summed E-state index contributed by atoms with van der Waals surface area (Å²) in [4.78, 5) is 4.86. The number of benzene rings is 8. The number of aliphatic imine (C=N–C) groups is 1. The number of rotatable bonds is 13. The molecule has 8 aromatic carbocycles. The summed E-state index contributed by atoms with van der Waals surface area (Å²) in [6, 6.07) is 66.3. The zero-order valence-corrected chi connectivity index (χ0v) is 50.8. The molecule has 8 aromatic rings. The van der Waals surface area contributed by atoms with Crippen LogP contribution in [0.25, 0.3) is 61.4 Å². The molecule has 0 unspecified atom stereocenters. The molecule has 0 saturated heterocycles. The van der Waals surface area contributed by atoms with Crippen LogP contribution in [-0.2, 0) is 6.42 Å². The Kier molecular flexibility index (Phi) is 32.1. The summed E-state index contributed by atoms with van der Waals surface area (Å²) in [6.45, 7) is 48.4. The summed E-state index contributed by atoms with van der Waals surface area (Å²) in [5.74, 6) is 0. The van der Waals surface area contributed by atoms with Crippen LogP contribution in [-0.4, -0.2) is 5.71 Å². The molecule has 80 heavy (non-hydrogen) atoms. The number of hydrogen-bond acceptors (Lipinski definition) is 1. The van der Waals surface area contributed by atoms with E-state index >= 15 is 0 Å². The lowest BCUT2D eigenvalue weighted by atomic mass is 9.87. The number of nitrogens with zero attached hydrogens (tertiary/aromatic N) is 1. The quantitative estimate of drug-likeness (QED) is 0.0620. The minimum atomic E-state index is 0.738. The Balaban J connectivity index is 0.000000466. The van der Waals surface area contributed by atoms with Gasteiger partial charge in [-0.05, 0) is 169 Å². The molecule has 0 heterocycles. The predicted octanol–water partition coefficient (Wildman–Crippen LogP) is 23.8. The van der Waals surface area contributed by atoms with E-state index in [0.29, 0.717) is 0 Å². The Labute approximate surface area is 486 Å². The fourth-order valence-electron chi connectivity index (χ4n) is 8.64. The van der Waals surface area contributed by atoms with Gasteiger partial charge >= 0.3 is 0 Å². The van der Waals surface area contributed by atoms with Crippen LogP contribution in [0.1, 0.15) is 112 Å². The van der Waals surface area contributed by atoms with Crippen molar-refractivity contribution in [3.8, 4) is 44.5 Å². The molecule has 0 aliphatic carbocycles. The first kappa shape index (κ1) is 67.5. The fraction of sp³-hybridized carbons (Fsp3) is 0.177. The van der Waals surface area contributed by atoms with Crippen LogP contribution in [0.5, 0.6) is 0 Å². The molecular formula is C79H91N. The zero-order chi connectivity index (χ0) is 59.4. The first-order valence-electron chi connectivity index (χ1n) is 28.2. The smallest absolute Gasteiger partial charge is 0.0633 e. The van der Waals surface area contributed by atoms with E-state index in [1.807, 2.05) is 97.9 Å². The molecule has 0 aliphatic heterocycles. The summed E-state index contributed by atoms with van der Waals surface area (Å²) >= 11 is 0. The number of allylic oxidation sites excluding steroid dienone is 9. The Hall–Kier alpha value is -8.65. The maximum atomic E-state index is 4.86. The Morgan fingerprint density at radius 3 is 1.44 bits per heavy atom. The van der Waals surface area contributed by atoms with Crippen molar-refractivity contribution >= 4 is 22.6 Å². The normalized spacial score (nSPS) is 10.6. The molecule has 8 rings (SSSR count). The van der Waals surface area contributed by atoms with Gasteiger partial charge in [-0.3, -0.25) is 4.99 Å². The summed E-state index contributed by atoms with van der Waals surface area (Å²) in [5, 5.41) is 0. The molecule has 0 fully saturated rings. The first-order valence-corrected chi connectivity index (χ1v) is 28.2. The lowest BCUT2D eigenvalue weighted by Gasteiger charge is -2.17. The van der Waals surface area contributed by atoms with Gasteiger partial charge < -0.3 is 0 Å². The second-order valence-electron chi connectivity index (χ2n) is 18.1. The van der Waals surface area contributed by atoms with Crippen LogP contribution in [0.2, 0.25) is 0 Å². The van der Waals surface area contributed by atoms with Crippen molar-refractivity contribution in [1.29, 1.82) is 0 Å². The summed E-state index contributed by atoms with van der Waals surface area (Å²) in [6.07, 6.45) is 14.7. The highest BCUT2D eigenvalue weighted by Gasteiger charge is 2.13. The standard InChI is InChI=1S/C40H37N.C23H24.C7H8.C3H6.2C2H6.C2H4/c1-7-11-14-32(10-4)35-21-19-33(20-22-35)29(5)41-30(6)37-15-12-17-39(27-37)40-18-13-16-38(28-40)36-25-23-34(24-26-36)31(8-2)9-3;1-5-19-11-7-9-13-23(19)22-15-14-21(17(3)18(22)4)20-12-8-6-10-16(20)2;1-7-5-3-2-4-6-7;1-3-2;3*1-2/h7-28H,2,4,6H2,1,3,5H3;6-15H,5H2,1-4H3;2-6H,1H3;3H,1H2,2H3;2*1-2H3;1-2H2/b11-7-,31-9+,32-14+,41-29?;;;;;;. The largest absolute Gasteiger partial charge is 0.253 e. The number of aryl methyl sites for hydroxylation is 3. The van der Waals surface area contributed by atoms with Gasteiger partial charge in [0.25, 0.3) is 0 Å². The van der Waals surface area contributed by atoms with Crippen LogP contribution in [0, 0.1) is 27.7 Å². The Morgan fingerprint density at radius 1 is 0.463 bits per heavy atom. The van der Waals surface area contributed by atoms with E-state index in [1.54, 1.807) is 6.08 Å². The predicted molar refractivity (Wildman–Crippen MR) is 364 cm³/mol. The van der Waals surface area contributed by atoms with Crippen molar-refractivity contribution in [2.24, 2.45) is 4.99 Å². The number of hydrogen-bond donors (Lipinski definition) is 0. The zero-order valence-electron chi connectivity index (χ0n) is 50.8. The molecule has 0 saturated carbocycles. The van der Waals surface area contributed by atoms with Crippen molar-refractivity contribution in [2.45, 2.75) is 96.4 Å². The highest BCUT2D eigenvalue weighted by molar-refractivity contribution is 6.02. The molecule has 1 heteroatoms. The van der Waals surface area contributed by atoms with Crippen molar-refractivity contribution in [3.63, 3.8) is 0 Å². The maximum absolute atomic E-state index is 4.86. The van der Waals surface area contributed by atoms with E-state index in [2.05, 4.69) is 256 Å². The van der Waals surface area contributed by atoms with Crippen molar-refractivity contribution in [2.75, 3.05) is 0 Å². The summed E-state index contributed by atoms with van der Waals surface area (Å²) in [5.41, 5.74) is 25.1. The van der Waals surface area contributed by atoms with E-state index in [1.165, 1.54) is 66.8 Å². The minimum Gasteiger partial charge on any atom is -0.253 e. The molecule has 0 aliphatic rings. The van der Waals surface area contributed by atoms with Crippen LogP contribution >= 0.6 is 0 Å². The lowest BCUT2D eigenvalue weighted by molar-refractivity contribution is 1.14. The fourth-order valence-corrected chi connectivity index (χ4v) is 8.64. The van der Waals surface area contributed by atoms with E-state index in [9.17, 15) is 0 Å². The van der Waals surface area contributed by atoms with Crippen LogP contribution in [0.4, 0.5) is 0 Å². The van der Waals surface area contributed by atoms with Gasteiger partial charge in [-0.2, -0.15) is 0 Å². The summed E-state index contributed by atoms with van der Waals surface area (Å²) < 4.78 is 0. The molecule has 0 amide bonds. The lowest BCUT2D eigenvalue weighted by Crippen LogP contribution is -1.96. The molecule has 0 bridgehead atoms. The molecule has 0 aromatic heterocycles. The molecule has 412 valence electrons. The second-order valence-corrected chi connectivity index (χ2v) is 18.1. The maximum Gasteiger partial charge on any atom is 0.0633 e. The van der Waals surface area contributed by atoms with E-state index < -0.39 is 0 Å². The van der Waals surface area contributed by atoms with Gasteiger partial charge in [-0.15, -0.1) is 19.7 Å². The topological polar surface area (TPSA) is 12.4 Å². The van der Waals surface area contributed by atoms with Crippen LogP contribution < -0.4 is 0 Å². The van der Waals surface area contributed by atoms with Gasteiger partial charge in [0, 0.05) is 11.3 Å². The van der Waals surface area contributed by atoms with Gasteiger partial charge in [0.05, 0.1) is 5.70 Å². The van der Waals surface area contributed by atoms with Crippen molar-refractivity contribution in [1.82, 2.24) is 0 Å². The molecule has 0 spiro atoms. The minimum absolute atomic E-state index is 0.738. The van der Waals surface area contributed by atoms with Gasteiger partial charge in [-0.1, -0.05) is 278 Å².